The van der Waals surface area contributed by atoms with E-state index in [0.29, 0.717) is 11.5 Å². The molecular formula is C14H19NO. The Bertz CT molecular complexity index is 344. The number of allylic oxidation sites excluding steroid dienone is 8. The number of rotatable bonds is 6. The molecule has 0 spiro atoms. The van der Waals surface area contributed by atoms with Gasteiger partial charge in [-0.25, -0.2) is 0 Å². The molecule has 0 aromatic rings. The van der Waals surface area contributed by atoms with Crippen LogP contribution >= 0.6 is 0 Å². The summed E-state index contributed by atoms with van der Waals surface area (Å²) in [6, 6.07) is 0. The molecule has 86 valence electrons. The summed E-state index contributed by atoms with van der Waals surface area (Å²) in [6.07, 6.45) is 14.7. The topological polar surface area (TPSA) is 21.6 Å². The van der Waals surface area contributed by atoms with Crippen molar-refractivity contribution in [2.24, 2.45) is 4.99 Å². The fourth-order valence-electron chi connectivity index (χ4n) is 0.893. The van der Waals surface area contributed by atoms with E-state index in [1.54, 1.807) is 19.3 Å². The zero-order valence-corrected chi connectivity index (χ0v) is 10.2. The smallest absolute Gasteiger partial charge is 0.145 e. The molecule has 0 aliphatic carbocycles. The summed E-state index contributed by atoms with van der Waals surface area (Å²) in [5.74, 6) is 1.37. The highest BCUT2D eigenvalue weighted by Gasteiger charge is 1.95. The fourth-order valence-corrected chi connectivity index (χ4v) is 0.893. The molecule has 0 fully saturated rings. The van der Waals surface area contributed by atoms with Crippen LogP contribution in [0, 0.1) is 0 Å². The number of ether oxygens (including phenoxy) is 1. The summed E-state index contributed by atoms with van der Waals surface area (Å²) >= 11 is 0. The third-order valence-corrected chi connectivity index (χ3v) is 1.60. The summed E-state index contributed by atoms with van der Waals surface area (Å²) in [6.45, 7) is 7.58. The van der Waals surface area contributed by atoms with E-state index < -0.39 is 0 Å². The van der Waals surface area contributed by atoms with Crippen molar-refractivity contribution in [2.45, 2.75) is 13.8 Å². The van der Waals surface area contributed by atoms with Crippen LogP contribution in [0.2, 0.25) is 0 Å². The number of hydrogen-bond acceptors (Lipinski definition) is 2. The van der Waals surface area contributed by atoms with Gasteiger partial charge in [0, 0.05) is 7.05 Å². The monoisotopic (exact) mass is 217 g/mol. The Kier molecular flexibility index (Phi) is 8.60. The molecule has 0 aliphatic heterocycles. The summed E-state index contributed by atoms with van der Waals surface area (Å²) in [5.41, 5.74) is 0. The molecule has 16 heavy (non-hydrogen) atoms. The minimum atomic E-state index is 0.677. The summed E-state index contributed by atoms with van der Waals surface area (Å²) in [4.78, 5) is 3.92. The molecule has 0 amide bonds. The van der Waals surface area contributed by atoms with E-state index in [2.05, 4.69) is 11.6 Å². The van der Waals surface area contributed by atoms with Crippen molar-refractivity contribution in [1.82, 2.24) is 0 Å². The van der Waals surface area contributed by atoms with Crippen molar-refractivity contribution in [3.63, 3.8) is 0 Å². The highest BCUT2D eigenvalue weighted by atomic mass is 16.5. The number of aliphatic imine (C=N–C) groups is 1. The van der Waals surface area contributed by atoms with Gasteiger partial charge in [0.1, 0.15) is 11.5 Å². The Morgan fingerprint density at radius 2 is 1.62 bits per heavy atom. The van der Waals surface area contributed by atoms with Gasteiger partial charge in [-0.3, -0.25) is 4.99 Å². The standard InChI is InChI=1S/C14H19NO/c1-5-8-10-13(7-3)16-14(12-15-4)11-9-6-2/h5-12H,3H2,1-2,4H3/b8-5-,9-6-,13-10+,14-11+,15-12-. The summed E-state index contributed by atoms with van der Waals surface area (Å²) in [5, 5.41) is 0. The van der Waals surface area contributed by atoms with Crippen molar-refractivity contribution >= 4 is 6.21 Å². The maximum Gasteiger partial charge on any atom is 0.145 e. The van der Waals surface area contributed by atoms with Crippen LogP contribution in [0.4, 0.5) is 0 Å². The summed E-state index contributed by atoms with van der Waals surface area (Å²) < 4.78 is 5.60. The van der Waals surface area contributed by atoms with E-state index in [0.717, 1.165) is 0 Å². The largest absolute Gasteiger partial charge is 0.456 e. The van der Waals surface area contributed by atoms with E-state index in [1.165, 1.54) is 0 Å². The lowest BCUT2D eigenvalue weighted by Gasteiger charge is -2.05. The van der Waals surface area contributed by atoms with Crippen molar-refractivity contribution in [3.05, 3.63) is 60.6 Å². The van der Waals surface area contributed by atoms with Crippen LogP contribution in [-0.2, 0) is 4.74 Å². The normalized spacial score (nSPS) is 14.2. The minimum absolute atomic E-state index is 0.677. The molecule has 0 N–H and O–H groups in total. The second kappa shape index (κ2) is 9.71. The molecule has 0 aliphatic rings. The first kappa shape index (κ1) is 14.2. The van der Waals surface area contributed by atoms with Crippen molar-refractivity contribution in [3.8, 4) is 0 Å². The van der Waals surface area contributed by atoms with Gasteiger partial charge in [-0.1, -0.05) is 30.9 Å². The average Bonchev–Trinajstić information content (AvgIpc) is 2.31. The van der Waals surface area contributed by atoms with Crippen molar-refractivity contribution < 1.29 is 4.74 Å². The van der Waals surface area contributed by atoms with E-state index in [9.17, 15) is 0 Å². The second-order valence-electron chi connectivity index (χ2n) is 2.88. The Morgan fingerprint density at radius 1 is 1.06 bits per heavy atom. The first-order valence-electron chi connectivity index (χ1n) is 5.16. The molecule has 0 rings (SSSR count). The molecule has 0 aromatic heterocycles. The van der Waals surface area contributed by atoms with Crippen LogP contribution < -0.4 is 0 Å². The lowest BCUT2D eigenvalue weighted by Crippen LogP contribution is -1.92. The maximum atomic E-state index is 5.60. The van der Waals surface area contributed by atoms with Gasteiger partial charge in [0.2, 0.25) is 0 Å². The first-order chi connectivity index (χ1) is 7.78. The van der Waals surface area contributed by atoms with E-state index in [1.807, 2.05) is 50.3 Å². The fraction of sp³-hybridized carbons (Fsp3) is 0.214. The molecule has 0 radical (unpaired) electrons. The molecular weight excluding hydrogens is 198 g/mol. The Hall–Kier alpha value is -1.83. The van der Waals surface area contributed by atoms with Gasteiger partial charge in [0.05, 0.1) is 6.21 Å². The third kappa shape index (κ3) is 6.60. The van der Waals surface area contributed by atoms with E-state index >= 15 is 0 Å². The van der Waals surface area contributed by atoms with E-state index in [-0.39, 0.29) is 0 Å². The zero-order valence-electron chi connectivity index (χ0n) is 10.2. The van der Waals surface area contributed by atoms with Crippen LogP contribution in [0.25, 0.3) is 0 Å². The zero-order chi connectivity index (χ0) is 12.2. The van der Waals surface area contributed by atoms with Crippen LogP contribution in [0.1, 0.15) is 13.8 Å². The Morgan fingerprint density at radius 3 is 2.06 bits per heavy atom. The lowest BCUT2D eigenvalue weighted by atomic mass is 10.3. The summed E-state index contributed by atoms with van der Waals surface area (Å²) in [7, 11) is 1.70. The third-order valence-electron chi connectivity index (χ3n) is 1.60. The van der Waals surface area contributed by atoms with Gasteiger partial charge in [0.25, 0.3) is 0 Å². The van der Waals surface area contributed by atoms with Crippen molar-refractivity contribution in [2.75, 3.05) is 7.05 Å². The van der Waals surface area contributed by atoms with Gasteiger partial charge in [-0.05, 0) is 32.1 Å². The molecule has 0 saturated heterocycles. The molecule has 0 atom stereocenters. The first-order valence-corrected chi connectivity index (χ1v) is 5.16. The molecule has 0 aromatic carbocycles. The molecule has 0 bridgehead atoms. The van der Waals surface area contributed by atoms with Gasteiger partial charge in [-0.2, -0.15) is 0 Å². The SMILES string of the molecule is C=C/C(=C\C=C/C)OC(/C=N\C)=C/C=C\C. The van der Waals surface area contributed by atoms with Gasteiger partial charge >= 0.3 is 0 Å². The lowest BCUT2D eigenvalue weighted by molar-refractivity contribution is 0.347. The van der Waals surface area contributed by atoms with Gasteiger partial charge < -0.3 is 4.74 Å². The van der Waals surface area contributed by atoms with Crippen LogP contribution in [0.3, 0.4) is 0 Å². The minimum Gasteiger partial charge on any atom is -0.456 e. The number of hydrogen-bond donors (Lipinski definition) is 0. The van der Waals surface area contributed by atoms with Crippen LogP contribution in [-0.4, -0.2) is 13.3 Å². The van der Waals surface area contributed by atoms with Gasteiger partial charge in [-0.15, -0.1) is 0 Å². The predicted octanol–water partition coefficient (Wildman–Crippen LogP) is 3.81. The predicted molar refractivity (Wildman–Crippen MR) is 71.5 cm³/mol. The van der Waals surface area contributed by atoms with Gasteiger partial charge in [0.15, 0.2) is 0 Å². The Balaban J connectivity index is 4.78. The molecule has 0 unspecified atom stereocenters. The highest BCUT2D eigenvalue weighted by Crippen LogP contribution is 2.06. The molecule has 2 heteroatoms. The molecule has 2 nitrogen and oxygen atoms in total. The Labute approximate surface area is 98.0 Å². The number of nitrogens with zero attached hydrogens (tertiary/aromatic N) is 1. The molecule has 0 saturated carbocycles. The van der Waals surface area contributed by atoms with Crippen molar-refractivity contribution in [1.29, 1.82) is 0 Å². The average molecular weight is 217 g/mol. The van der Waals surface area contributed by atoms with E-state index in [4.69, 9.17) is 4.74 Å². The van der Waals surface area contributed by atoms with Crippen LogP contribution in [0.5, 0.6) is 0 Å². The quantitative estimate of drug-likeness (QED) is 0.376. The second-order valence-corrected chi connectivity index (χ2v) is 2.88. The van der Waals surface area contributed by atoms with Crippen LogP contribution in [0.15, 0.2) is 65.6 Å². The molecule has 0 heterocycles. The maximum absolute atomic E-state index is 5.60. The highest BCUT2D eigenvalue weighted by molar-refractivity contribution is 5.76.